The smallest absolute Gasteiger partial charge is 0.274 e. The van der Waals surface area contributed by atoms with Gasteiger partial charge in [-0.3, -0.25) is 19.2 Å². The van der Waals surface area contributed by atoms with Gasteiger partial charge in [0.15, 0.2) is 5.69 Å². The van der Waals surface area contributed by atoms with E-state index < -0.39 is 29.8 Å². The number of aryl methyl sites for hydroxylation is 2. The molecule has 4 N–H and O–H groups in total. The van der Waals surface area contributed by atoms with Crippen LogP contribution in [0.1, 0.15) is 67.4 Å². The number of allylic oxidation sites excluding steroid dienone is 1. The quantitative estimate of drug-likeness (QED) is 0.159. The molecule has 40 heavy (non-hydrogen) atoms. The predicted molar refractivity (Wildman–Crippen MR) is 149 cm³/mol. The molecule has 0 aliphatic carbocycles. The Kier molecular flexibility index (Phi) is 12.6. The van der Waals surface area contributed by atoms with Gasteiger partial charge in [-0.1, -0.05) is 54.9 Å². The Hall–Kier alpha value is -4.46. The summed E-state index contributed by atoms with van der Waals surface area (Å²) in [5.74, 6) is -1.38. The van der Waals surface area contributed by atoms with Gasteiger partial charge in [-0.25, -0.2) is 0 Å². The number of carbonyl (C=O) groups excluding carboxylic acids is 4. The van der Waals surface area contributed by atoms with E-state index in [1.54, 1.807) is 13.0 Å². The number of aromatic nitrogens is 1. The molecule has 1 aromatic heterocycles. The molecule has 0 unspecified atom stereocenters. The minimum Gasteiger partial charge on any atom is -0.361 e. The summed E-state index contributed by atoms with van der Waals surface area (Å²) in [6.45, 7) is 9.49. The Labute approximate surface area is 234 Å². The molecule has 214 valence electrons. The van der Waals surface area contributed by atoms with E-state index in [4.69, 9.17) is 4.52 Å². The summed E-state index contributed by atoms with van der Waals surface area (Å²) in [7, 11) is 0. The van der Waals surface area contributed by atoms with E-state index in [9.17, 15) is 24.4 Å². The van der Waals surface area contributed by atoms with Gasteiger partial charge in [0.2, 0.25) is 11.8 Å². The monoisotopic (exact) mass is 550 g/mol. The number of nitrogens with one attached hydrogen (secondary N) is 4. The van der Waals surface area contributed by atoms with E-state index in [0.29, 0.717) is 38.1 Å². The number of rotatable bonds is 14. The Morgan fingerprint density at radius 1 is 1.00 bits per heavy atom. The number of hydrogen-bond donors (Lipinski definition) is 4. The molecule has 11 nitrogen and oxygen atoms in total. The highest BCUT2D eigenvalue weighted by Gasteiger charge is 2.25. The van der Waals surface area contributed by atoms with Crippen molar-refractivity contribution in [1.82, 2.24) is 26.4 Å². The molecule has 1 aromatic carbocycles. The molecule has 11 heteroatoms. The van der Waals surface area contributed by atoms with Gasteiger partial charge in [0.25, 0.3) is 11.8 Å². The largest absolute Gasteiger partial charge is 0.361 e. The second kappa shape index (κ2) is 15.8. The number of carbonyl (C=O) groups is 4. The van der Waals surface area contributed by atoms with Crippen LogP contribution in [0.25, 0.3) is 0 Å². The van der Waals surface area contributed by atoms with Crippen LogP contribution in [-0.4, -0.2) is 47.4 Å². The van der Waals surface area contributed by atoms with Crippen molar-refractivity contribution in [2.24, 2.45) is 5.92 Å². The van der Waals surface area contributed by atoms with E-state index in [1.807, 2.05) is 51.1 Å². The molecule has 4 amide bonds. The Bertz CT molecular complexity index is 1240. The number of hydrogen-bond acceptors (Lipinski definition) is 7. The van der Waals surface area contributed by atoms with Crippen LogP contribution in [0.15, 0.2) is 46.5 Å². The first kappa shape index (κ1) is 31.8. The zero-order chi connectivity index (χ0) is 29.7. The number of nitrogens with zero attached hydrogens (tertiary/aromatic N) is 2. The average Bonchev–Trinajstić information content (AvgIpc) is 3.36. The summed E-state index contributed by atoms with van der Waals surface area (Å²) in [6.07, 6.45) is 2.94. The Balaban J connectivity index is 1.96. The molecule has 0 fully saturated rings. The molecule has 0 aliphatic heterocycles. The molecule has 0 radical (unpaired) electrons. The van der Waals surface area contributed by atoms with Gasteiger partial charge < -0.3 is 25.8 Å². The topological polar surface area (TPSA) is 166 Å². The molecule has 0 aliphatic rings. The molecule has 2 aromatic rings. The summed E-state index contributed by atoms with van der Waals surface area (Å²) >= 11 is 0. The van der Waals surface area contributed by atoms with E-state index in [1.165, 1.54) is 13.0 Å². The summed E-state index contributed by atoms with van der Waals surface area (Å²) in [4.78, 5) is 50.5. The van der Waals surface area contributed by atoms with Crippen molar-refractivity contribution < 1.29 is 23.7 Å². The average molecular weight is 551 g/mol. The van der Waals surface area contributed by atoms with Crippen molar-refractivity contribution in [2.45, 2.75) is 72.5 Å². The zero-order valence-electron chi connectivity index (χ0n) is 23.7. The fourth-order valence-electron chi connectivity index (χ4n) is 3.66. The predicted octanol–water partition coefficient (Wildman–Crippen LogP) is 2.60. The fraction of sp³-hybridized carbons (Fsp3) is 0.448. The third-order valence-electron chi connectivity index (χ3n) is 5.89. The second-order valence-corrected chi connectivity index (χ2v) is 9.97. The first-order chi connectivity index (χ1) is 19.0. The number of amides is 4. The normalized spacial score (nSPS) is 12.7. The molecule has 0 saturated carbocycles. The fourth-order valence-corrected chi connectivity index (χ4v) is 3.66. The Morgan fingerprint density at radius 2 is 1.70 bits per heavy atom. The molecule has 0 spiro atoms. The van der Waals surface area contributed by atoms with Crippen molar-refractivity contribution in [3.05, 3.63) is 64.6 Å². The molecule has 1 heterocycles. The van der Waals surface area contributed by atoms with Crippen molar-refractivity contribution in [3.8, 4) is 6.07 Å². The maximum absolute atomic E-state index is 13.0. The summed E-state index contributed by atoms with van der Waals surface area (Å²) < 4.78 is 4.90. The third kappa shape index (κ3) is 10.7. The van der Waals surface area contributed by atoms with Gasteiger partial charge in [0.1, 0.15) is 29.5 Å². The van der Waals surface area contributed by atoms with Crippen LogP contribution in [0, 0.1) is 31.1 Å². The van der Waals surface area contributed by atoms with Crippen LogP contribution in [0.5, 0.6) is 0 Å². The van der Waals surface area contributed by atoms with Crippen LogP contribution in [-0.2, 0) is 20.9 Å². The lowest BCUT2D eigenvalue weighted by molar-refractivity contribution is -0.130. The van der Waals surface area contributed by atoms with Gasteiger partial charge in [-0.2, -0.15) is 5.26 Å². The minimum absolute atomic E-state index is 0.0504. The highest BCUT2D eigenvalue weighted by atomic mass is 16.5. The summed E-state index contributed by atoms with van der Waals surface area (Å²) in [6, 6.07) is 9.29. The van der Waals surface area contributed by atoms with Crippen molar-refractivity contribution in [1.29, 1.82) is 5.26 Å². The highest BCUT2D eigenvalue weighted by Crippen LogP contribution is 2.07. The van der Waals surface area contributed by atoms with Crippen LogP contribution < -0.4 is 21.3 Å². The number of unbranched alkanes of at least 4 members (excludes halogenated alkanes) is 1. The first-order valence-corrected chi connectivity index (χ1v) is 13.3. The van der Waals surface area contributed by atoms with Gasteiger partial charge in [0, 0.05) is 19.2 Å². The van der Waals surface area contributed by atoms with Gasteiger partial charge in [-0.05, 0) is 51.5 Å². The van der Waals surface area contributed by atoms with E-state index in [0.717, 1.165) is 11.1 Å². The standard InChI is InChI=1S/C29H38N6O5/c1-18(2)14-23(16-30)27(37)31-13-7-6-8-24(28(38)32-17-22-11-9-19(3)10-12-22)34-26(36)21(5)33-29(39)25-15-20(4)40-35-25/h9-12,14-15,18,21,24H,6-8,13,17H2,1-5H3,(H,31,37)(H,32,38)(H,33,39)(H,34,36)/t21-,24-/m0/s1. The molecule has 2 rings (SSSR count). The number of nitriles is 1. The first-order valence-electron chi connectivity index (χ1n) is 13.3. The zero-order valence-corrected chi connectivity index (χ0v) is 23.7. The highest BCUT2D eigenvalue weighted by molar-refractivity contribution is 5.97. The van der Waals surface area contributed by atoms with Gasteiger partial charge >= 0.3 is 0 Å². The van der Waals surface area contributed by atoms with Crippen molar-refractivity contribution in [3.63, 3.8) is 0 Å². The molecule has 0 bridgehead atoms. The van der Waals surface area contributed by atoms with Crippen LogP contribution in [0.4, 0.5) is 0 Å². The maximum Gasteiger partial charge on any atom is 0.274 e. The lowest BCUT2D eigenvalue weighted by Gasteiger charge is -2.21. The third-order valence-corrected chi connectivity index (χ3v) is 5.89. The van der Waals surface area contributed by atoms with E-state index in [-0.39, 0.29) is 23.1 Å². The lowest BCUT2D eigenvalue weighted by Crippen LogP contribution is -2.52. The van der Waals surface area contributed by atoms with Crippen LogP contribution >= 0.6 is 0 Å². The summed E-state index contributed by atoms with van der Waals surface area (Å²) in [5.41, 5.74) is 2.13. The summed E-state index contributed by atoms with van der Waals surface area (Å²) in [5, 5.41) is 23.7. The van der Waals surface area contributed by atoms with Gasteiger partial charge in [0.05, 0.1) is 0 Å². The lowest BCUT2D eigenvalue weighted by atomic mass is 10.1. The SMILES string of the molecule is Cc1ccc(CNC(=O)[C@H](CCCCNC(=O)C(C#N)=CC(C)C)NC(=O)[C@H](C)NC(=O)c2cc(C)on2)cc1. The molecular weight excluding hydrogens is 512 g/mol. The Morgan fingerprint density at radius 3 is 2.30 bits per heavy atom. The maximum atomic E-state index is 13.0. The second-order valence-electron chi connectivity index (χ2n) is 9.97. The van der Waals surface area contributed by atoms with E-state index >= 15 is 0 Å². The minimum atomic E-state index is -0.937. The molecular formula is C29H38N6O5. The molecule has 0 saturated heterocycles. The van der Waals surface area contributed by atoms with Crippen molar-refractivity contribution >= 4 is 23.6 Å². The van der Waals surface area contributed by atoms with Crippen LogP contribution in [0.2, 0.25) is 0 Å². The van der Waals surface area contributed by atoms with Gasteiger partial charge in [-0.15, -0.1) is 0 Å². The van der Waals surface area contributed by atoms with E-state index in [2.05, 4.69) is 26.4 Å². The van der Waals surface area contributed by atoms with Crippen molar-refractivity contribution in [2.75, 3.05) is 6.54 Å². The molecule has 2 atom stereocenters. The van der Waals surface area contributed by atoms with Crippen LogP contribution in [0.3, 0.4) is 0 Å². The number of benzene rings is 1.